The number of amides is 1. The molecule has 0 N–H and O–H groups in total. The molecule has 1 fully saturated rings. The van der Waals surface area contributed by atoms with Crippen molar-refractivity contribution in [3.05, 3.63) is 48.5 Å². The Morgan fingerprint density at radius 2 is 2.16 bits per heavy atom. The predicted octanol–water partition coefficient (Wildman–Crippen LogP) is 3.12. The Balaban J connectivity index is 1.40. The summed E-state index contributed by atoms with van der Waals surface area (Å²) in [5, 5.41) is 4.15. The van der Waals surface area contributed by atoms with E-state index in [0.29, 0.717) is 24.7 Å². The van der Waals surface area contributed by atoms with Gasteiger partial charge < -0.3 is 9.64 Å². The molecule has 5 nitrogen and oxygen atoms in total. The molecule has 2 aromatic rings. The lowest BCUT2D eigenvalue weighted by molar-refractivity contribution is -0.133. The Morgan fingerprint density at radius 3 is 2.92 bits per heavy atom. The summed E-state index contributed by atoms with van der Waals surface area (Å²) in [4.78, 5) is 14.3. The smallest absolute Gasteiger partial charge is 0.222 e. The van der Waals surface area contributed by atoms with Crippen LogP contribution in [0.5, 0.6) is 5.75 Å². The zero-order valence-corrected chi connectivity index (χ0v) is 14.3. The van der Waals surface area contributed by atoms with E-state index in [1.165, 1.54) is 12.1 Å². The molecule has 3 rings (SSSR count). The van der Waals surface area contributed by atoms with Crippen molar-refractivity contribution in [2.75, 3.05) is 19.7 Å². The van der Waals surface area contributed by atoms with E-state index in [4.69, 9.17) is 4.74 Å². The third-order valence-corrected chi connectivity index (χ3v) is 4.51. The van der Waals surface area contributed by atoms with E-state index >= 15 is 0 Å². The summed E-state index contributed by atoms with van der Waals surface area (Å²) >= 11 is 0. The van der Waals surface area contributed by atoms with Crippen molar-refractivity contribution in [3.63, 3.8) is 0 Å². The normalized spacial score (nSPS) is 17.5. The van der Waals surface area contributed by atoms with Crippen molar-refractivity contribution in [1.82, 2.24) is 14.7 Å². The zero-order valence-electron chi connectivity index (χ0n) is 14.3. The molecule has 0 saturated carbocycles. The van der Waals surface area contributed by atoms with Gasteiger partial charge in [0.2, 0.25) is 5.91 Å². The number of carbonyl (C=O) groups excluding carboxylic acids is 1. The third kappa shape index (κ3) is 5.31. The van der Waals surface area contributed by atoms with E-state index in [-0.39, 0.29) is 11.7 Å². The quantitative estimate of drug-likeness (QED) is 0.775. The number of benzene rings is 1. The highest BCUT2D eigenvalue weighted by molar-refractivity contribution is 5.76. The van der Waals surface area contributed by atoms with Crippen molar-refractivity contribution in [2.24, 2.45) is 5.92 Å². The molecule has 2 heterocycles. The third-order valence-electron chi connectivity index (χ3n) is 4.51. The van der Waals surface area contributed by atoms with E-state index in [1.807, 2.05) is 21.8 Å². The van der Waals surface area contributed by atoms with Crippen molar-refractivity contribution < 1.29 is 13.9 Å². The molecule has 0 unspecified atom stereocenters. The first-order chi connectivity index (χ1) is 12.2. The van der Waals surface area contributed by atoms with Crippen molar-refractivity contribution in [1.29, 1.82) is 0 Å². The SMILES string of the molecule is O=C(CCCn1cccn1)N1CCC[C@@H](COc2ccc(F)cc2)C1. The molecule has 134 valence electrons. The summed E-state index contributed by atoms with van der Waals surface area (Å²) in [5.41, 5.74) is 0. The predicted molar refractivity (Wildman–Crippen MR) is 92.7 cm³/mol. The molecule has 0 aliphatic carbocycles. The average molecular weight is 345 g/mol. The molecule has 1 amide bonds. The lowest BCUT2D eigenvalue weighted by Crippen LogP contribution is -2.41. The Morgan fingerprint density at radius 1 is 1.32 bits per heavy atom. The summed E-state index contributed by atoms with van der Waals surface area (Å²) in [7, 11) is 0. The molecular weight excluding hydrogens is 321 g/mol. The Bertz CT molecular complexity index is 658. The Kier molecular flexibility index (Phi) is 6.04. The molecule has 1 aromatic carbocycles. The first kappa shape index (κ1) is 17.5. The molecule has 1 aromatic heterocycles. The molecule has 25 heavy (non-hydrogen) atoms. The van der Waals surface area contributed by atoms with Crippen LogP contribution in [0.3, 0.4) is 0 Å². The van der Waals surface area contributed by atoms with Crippen LogP contribution < -0.4 is 4.74 Å². The molecule has 1 aliphatic heterocycles. The molecule has 1 saturated heterocycles. The maximum atomic E-state index is 12.9. The standard InChI is InChI=1S/C19H24FN3O2/c20-17-6-8-18(9-7-17)25-15-16-4-1-11-22(14-16)19(24)5-2-12-23-13-3-10-21-23/h3,6-10,13,16H,1-2,4-5,11-12,14-15H2/t16-/m1/s1. The number of rotatable bonds is 7. The van der Waals surface area contributed by atoms with Gasteiger partial charge in [0.1, 0.15) is 11.6 Å². The van der Waals surface area contributed by atoms with Crippen LogP contribution in [0.2, 0.25) is 0 Å². The number of aryl methyl sites for hydroxylation is 1. The van der Waals surface area contributed by atoms with Gasteiger partial charge in [-0.25, -0.2) is 4.39 Å². The fraction of sp³-hybridized carbons (Fsp3) is 0.474. The van der Waals surface area contributed by atoms with Crippen molar-refractivity contribution >= 4 is 5.91 Å². The molecule has 1 aliphatic rings. The minimum absolute atomic E-state index is 0.207. The number of piperidine rings is 1. The van der Waals surface area contributed by atoms with Gasteiger partial charge in [-0.05, 0) is 49.6 Å². The summed E-state index contributed by atoms with van der Waals surface area (Å²) in [6.45, 7) is 2.89. The Labute approximate surface area is 147 Å². The highest BCUT2D eigenvalue weighted by Gasteiger charge is 2.23. The number of hydrogen-bond acceptors (Lipinski definition) is 3. The summed E-state index contributed by atoms with van der Waals surface area (Å²) < 4.78 is 20.5. The largest absolute Gasteiger partial charge is 0.493 e. The molecule has 0 bridgehead atoms. The number of likely N-dealkylation sites (tertiary alicyclic amines) is 1. The minimum Gasteiger partial charge on any atom is -0.493 e. The van der Waals surface area contributed by atoms with Crippen molar-refractivity contribution in [3.8, 4) is 5.75 Å². The van der Waals surface area contributed by atoms with Gasteiger partial charge in [0.25, 0.3) is 0 Å². The van der Waals surface area contributed by atoms with Crippen LogP contribution in [-0.4, -0.2) is 40.3 Å². The summed E-state index contributed by atoms with van der Waals surface area (Å²) in [6.07, 6.45) is 7.06. The van der Waals surface area contributed by atoms with Gasteiger partial charge in [0.05, 0.1) is 6.61 Å². The fourth-order valence-electron chi connectivity index (χ4n) is 3.16. The molecule has 1 atom stereocenters. The first-order valence-electron chi connectivity index (χ1n) is 8.84. The van der Waals surface area contributed by atoms with Gasteiger partial charge in [0.15, 0.2) is 0 Å². The van der Waals surface area contributed by atoms with Gasteiger partial charge >= 0.3 is 0 Å². The second kappa shape index (κ2) is 8.65. The average Bonchev–Trinajstić information content (AvgIpc) is 3.15. The van der Waals surface area contributed by atoms with Gasteiger partial charge in [-0.3, -0.25) is 9.48 Å². The summed E-state index contributed by atoms with van der Waals surface area (Å²) in [5.74, 6) is 0.938. The summed E-state index contributed by atoms with van der Waals surface area (Å²) in [6, 6.07) is 7.95. The lowest BCUT2D eigenvalue weighted by Gasteiger charge is -2.32. The maximum Gasteiger partial charge on any atom is 0.222 e. The van der Waals surface area contributed by atoms with E-state index in [2.05, 4.69) is 5.10 Å². The lowest BCUT2D eigenvalue weighted by atomic mass is 9.98. The second-order valence-corrected chi connectivity index (χ2v) is 6.49. The number of halogens is 1. The second-order valence-electron chi connectivity index (χ2n) is 6.49. The number of nitrogens with zero attached hydrogens (tertiary/aromatic N) is 3. The monoisotopic (exact) mass is 345 g/mol. The Hall–Kier alpha value is -2.37. The van der Waals surface area contributed by atoms with Crippen LogP contribution in [0.4, 0.5) is 4.39 Å². The zero-order chi connectivity index (χ0) is 17.5. The van der Waals surface area contributed by atoms with E-state index in [1.54, 1.807) is 18.3 Å². The highest BCUT2D eigenvalue weighted by Crippen LogP contribution is 2.20. The topological polar surface area (TPSA) is 47.4 Å². The van der Waals surface area contributed by atoms with Crippen LogP contribution >= 0.6 is 0 Å². The molecule has 0 radical (unpaired) electrons. The maximum absolute atomic E-state index is 12.9. The van der Waals surface area contributed by atoms with Gasteiger partial charge in [-0.2, -0.15) is 5.10 Å². The molecule has 0 spiro atoms. The number of hydrogen-bond donors (Lipinski definition) is 0. The number of carbonyl (C=O) groups is 1. The van der Waals surface area contributed by atoms with Crippen LogP contribution in [0.15, 0.2) is 42.7 Å². The number of aromatic nitrogens is 2. The van der Waals surface area contributed by atoms with E-state index in [0.717, 1.165) is 38.9 Å². The van der Waals surface area contributed by atoms with E-state index < -0.39 is 0 Å². The fourth-order valence-corrected chi connectivity index (χ4v) is 3.16. The van der Waals surface area contributed by atoms with Gasteiger partial charge in [0, 0.05) is 44.4 Å². The van der Waals surface area contributed by atoms with Crippen molar-refractivity contribution in [2.45, 2.75) is 32.2 Å². The van der Waals surface area contributed by atoms with Crippen LogP contribution in [0.1, 0.15) is 25.7 Å². The van der Waals surface area contributed by atoms with Crippen LogP contribution in [0.25, 0.3) is 0 Å². The molecular formula is C19H24FN3O2. The highest BCUT2D eigenvalue weighted by atomic mass is 19.1. The minimum atomic E-state index is -0.267. The molecule has 6 heteroatoms. The number of ether oxygens (including phenoxy) is 1. The van der Waals surface area contributed by atoms with E-state index in [9.17, 15) is 9.18 Å². The van der Waals surface area contributed by atoms with Crippen LogP contribution in [0, 0.1) is 11.7 Å². The van der Waals surface area contributed by atoms with Gasteiger partial charge in [-0.15, -0.1) is 0 Å². The van der Waals surface area contributed by atoms with Gasteiger partial charge in [-0.1, -0.05) is 0 Å². The van der Waals surface area contributed by atoms with Crippen LogP contribution in [-0.2, 0) is 11.3 Å². The first-order valence-corrected chi connectivity index (χ1v) is 8.84.